The second-order valence-corrected chi connectivity index (χ2v) is 4.42. The van der Waals surface area contributed by atoms with E-state index in [4.69, 9.17) is 9.84 Å². The first-order valence-corrected chi connectivity index (χ1v) is 6.33. The van der Waals surface area contributed by atoms with Crippen LogP contribution in [-0.4, -0.2) is 29.5 Å². The Morgan fingerprint density at radius 1 is 0.947 bits per heavy atom. The predicted molar refractivity (Wildman–Crippen MR) is 74.3 cm³/mol. The molecule has 0 saturated carbocycles. The fourth-order valence-electron chi connectivity index (χ4n) is 1.85. The third kappa shape index (κ3) is 4.09. The molecule has 0 heterocycles. The Bertz CT molecular complexity index is 496. The molecule has 0 spiro atoms. The van der Waals surface area contributed by atoms with Gasteiger partial charge in [0.25, 0.3) is 0 Å². The lowest BCUT2D eigenvalue weighted by molar-refractivity contribution is 0.0533. The highest BCUT2D eigenvalue weighted by molar-refractivity contribution is 5.37. The van der Waals surface area contributed by atoms with Gasteiger partial charge in [-0.25, -0.2) is 0 Å². The summed E-state index contributed by atoms with van der Waals surface area (Å²) >= 11 is 0. The number of hydrogen-bond donors (Lipinski definition) is 2. The summed E-state index contributed by atoms with van der Waals surface area (Å²) in [6.07, 6.45) is -0.0588. The van der Waals surface area contributed by atoms with Crippen molar-refractivity contribution in [1.29, 1.82) is 0 Å². The highest BCUT2D eigenvalue weighted by Gasteiger charge is 2.07. The topological polar surface area (TPSA) is 49.7 Å². The molecule has 1 unspecified atom stereocenters. The summed E-state index contributed by atoms with van der Waals surface area (Å²) in [6, 6.07) is 17.9. The zero-order valence-electron chi connectivity index (χ0n) is 10.7. The van der Waals surface area contributed by atoms with Gasteiger partial charge in [0.2, 0.25) is 0 Å². The molecule has 3 nitrogen and oxygen atoms in total. The average molecular weight is 258 g/mol. The molecule has 19 heavy (non-hydrogen) atoms. The quantitative estimate of drug-likeness (QED) is 0.833. The fourth-order valence-corrected chi connectivity index (χ4v) is 1.85. The van der Waals surface area contributed by atoms with Crippen LogP contribution >= 0.6 is 0 Å². The number of aliphatic hydroxyl groups is 2. The van der Waals surface area contributed by atoms with Crippen molar-refractivity contribution >= 4 is 0 Å². The molecule has 2 rings (SSSR count). The van der Waals surface area contributed by atoms with Gasteiger partial charge < -0.3 is 14.9 Å². The number of para-hydroxylation sites is 1. The first-order chi connectivity index (χ1) is 9.29. The summed E-state index contributed by atoms with van der Waals surface area (Å²) in [7, 11) is 0. The molecule has 0 radical (unpaired) electrons. The van der Waals surface area contributed by atoms with Crippen LogP contribution in [0.5, 0.6) is 5.75 Å². The summed E-state index contributed by atoms with van der Waals surface area (Å²) < 4.78 is 5.55. The maximum atomic E-state index is 9.32. The molecule has 0 bridgehead atoms. The Morgan fingerprint density at radius 2 is 1.63 bits per heavy atom. The Kier molecular flexibility index (Phi) is 4.95. The van der Waals surface area contributed by atoms with Crippen LogP contribution in [0, 0.1) is 0 Å². The number of hydrogen-bond acceptors (Lipinski definition) is 3. The number of benzene rings is 2. The monoisotopic (exact) mass is 258 g/mol. The van der Waals surface area contributed by atoms with Crippen LogP contribution in [-0.2, 0) is 6.42 Å². The van der Waals surface area contributed by atoms with Crippen LogP contribution in [0.2, 0.25) is 0 Å². The predicted octanol–water partition coefficient (Wildman–Crippen LogP) is 2.01. The van der Waals surface area contributed by atoms with Crippen LogP contribution in [0.25, 0.3) is 0 Å². The second-order valence-electron chi connectivity index (χ2n) is 4.42. The van der Waals surface area contributed by atoms with Crippen molar-refractivity contribution in [1.82, 2.24) is 0 Å². The minimum atomic E-state index is -0.843. The van der Waals surface area contributed by atoms with Gasteiger partial charge in [-0.2, -0.15) is 0 Å². The van der Waals surface area contributed by atoms with Gasteiger partial charge in [0, 0.05) is 6.42 Å². The second kappa shape index (κ2) is 6.92. The van der Waals surface area contributed by atoms with Gasteiger partial charge >= 0.3 is 0 Å². The van der Waals surface area contributed by atoms with Gasteiger partial charge in [-0.05, 0) is 17.2 Å². The Balaban J connectivity index is 2.08. The van der Waals surface area contributed by atoms with Crippen molar-refractivity contribution in [2.45, 2.75) is 12.5 Å². The summed E-state index contributed by atoms with van der Waals surface area (Å²) in [5.74, 6) is 0.749. The minimum absolute atomic E-state index is 0.0995. The van der Waals surface area contributed by atoms with E-state index in [0.717, 1.165) is 17.7 Å². The van der Waals surface area contributed by atoms with Gasteiger partial charge in [-0.1, -0.05) is 48.5 Å². The molecule has 2 aromatic rings. The van der Waals surface area contributed by atoms with E-state index in [9.17, 15) is 5.11 Å². The van der Waals surface area contributed by atoms with E-state index in [1.807, 2.05) is 42.5 Å². The van der Waals surface area contributed by atoms with Crippen LogP contribution in [0.3, 0.4) is 0 Å². The molecule has 2 aromatic carbocycles. The molecule has 0 aliphatic heterocycles. The first-order valence-electron chi connectivity index (χ1n) is 6.33. The molecular formula is C16H18O3. The number of ether oxygens (including phenoxy) is 1. The van der Waals surface area contributed by atoms with Crippen molar-refractivity contribution in [3.63, 3.8) is 0 Å². The molecule has 0 aliphatic carbocycles. The maximum absolute atomic E-state index is 9.32. The normalized spacial score (nSPS) is 12.1. The maximum Gasteiger partial charge on any atom is 0.122 e. The highest BCUT2D eigenvalue weighted by atomic mass is 16.5. The smallest absolute Gasteiger partial charge is 0.122 e. The number of rotatable bonds is 6. The molecule has 0 amide bonds. The van der Waals surface area contributed by atoms with Gasteiger partial charge in [0.1, 0.15) is 18.5 Å². The van der Waals surface area contributed by atoms with Gasteiger partial charge in [0.15, 0.2) is 0 Å². The molecule has 0 aromatic heterocycles. The van der Waals surface area contributed by atoms with E-state index in [2.05, 4.69) is 12.1 Å². The van der Waals surface area contributed by atoms with E-state index >= 15 is 0 Å². The largest absolute Gasteiger partial charge is 0.491 e. The molecule has 3 heteroatoms. The van der Waals surface area contributed by atoms with Gasteiger partial charge in [-0.3, -0.25) is 0 Å². The van der Waals surface area contributed by atoms with Crippen molar-refractivity contribution in [3.05, 3.63) is 65.7 Å². The van der Waals surface area contributed by atoms with E-state index < -0.39 is 6.10 Å². The summed E-state index contributed by atoms with van der Waals surface area (Å²) in [4.78, 5) is 0. The van der Waals surface area contributed by atoms with Crippen molar-refractivity contribution in [3.8, 4) is 5.75 Å². The van der Waals surface area contributed by atoms with Crippen LogP contribution in [0.15, 0.2) is 54.6 Å². The molecule has 100 valence electrons. The zero-order valence-corrected chi connectivity index (χ0v) is 10.7. The zero-order chi connectivity index (χ0) is 13.5. The first kappa shape index (κ1) is 13.6. The van der Waals surface area contributed by atoms with Gasteiger partial charge in [0.05, 0.1) is 6.61 Å². The lowest BCUT2D eigenvalue weighted by Gasteiger charge is -2.13. The van der Waals surface area contributed by atoms with Crippen LogP contribution < -0.4 is 4.74 Å². The molecule has 0 aliphatic rings. The summed E-state index contributed by atoms with van der Waals surface area (Å²) in [5, 5.41) is 18.1. The summed E-state index contributed by atoms with van der Waals surface area (Å²) in [5.41, 5.74) is 2.28. The van der Waals surface area contributed by atoms with E-state index in [1.54, 1.807) is 0 Å². The molecule has 0 fully saturated rings. The van der Waals surface area contributed by atoms with E-state index in [1.165, 1.54) is 5.56 Å². The van der Waals surface area contributed by atoms with E-state index in [-0.39, 0.29) is 13.2 Å². The van der Waals surface area contributed by atoms with Gasteiger partial charge in [-0.15, -0.1) is 0 Å². The lowest BCUT2D eigenvalue weighted by Crippen LogP contribution is -2.21. The highest BCUT2D eigenvalue weighted by Crippen LogP contribution is 2.21. The third-order valence-corrected chi connectivity index (χ3v) is 2.85. The molecule has 0 saturated heterocycles. The average Bonchev–Trinajstić information content (AvgIpc) is 2.47. The Labute approximate surface area is 113 Å². The SMILES string of the molecule is OCC(O)COc1ccccc1Cc1ccccc1. The lowest BCUT2D eigenvalue weighted by atomic mass is 10.0. The molecule has 1 atom stereocenters. The fraction of sp³-hybridized carbons (Fsp3) is 0.250. The third-order valence-electron chi connectivity index (χ3n) is 2.85. The van der Waals surface area contributed by atoms with Crippen molar-refractivity contribution in [2.75, 3.05) is 13.2 Å². The van der Waals surface area contributed by atoms with Crippen molar-refractivity contribution in [2.24, 2.45) is 0 Å². The molecule has 2 N–H and O–H groups in total. The van der Waals surface area contributed by atoms with Crippen molar-refractivity contribution < 1.29 is 14.9 Å². The summed E-state index contributed by atoms with van der Waals surface area (Å²) in [6.45, 7) is -0.191. The van der Waals surface area contributed by atoms with Crippen LogP contribution in [0.4, 0.5) is 0 Å². The minimum Gasteiger partial charge on any atom is -0.491 e. The Hall–Kier alpha value is -1.84. The number of aliphatic hydroxyl groups excluding tert-OH is 2. The standard InChI is InChI=1S/C16H18O3/c17-11-15(18)12-19-16-9-5-4-8-14(16)10-13-6-2-1-3-7-13/h1-9,15,17-18H,10-12H2. The van der Waals surface area contributed by atoms with E-state index in [0.29, 0.717) is 0 Å². The molecular weight excluding hydrogens is 240 g/mol. The van der Waals surface area contributed by atoms with Crippen LogP contribution in [0.1, 0.15) is 11.1 Å². The Morgan fingerprint density at radius 3 is 2.37 bits per heavy atom.